The Morgan fingerprint density at radius 3 is 2.31 bits per heavy atom. The number of methoxy groups -OCH3 is 1. The van der Waals surface area contributed by atoms with Gasteiger partial charge in [-0.25, -0.2) is 9.78 Å². The number of hydrogen-bond donors (Lipinski definition) is 2. The summed E-state index contributed by atoms with van der Waals surface area (Å²) in [6, 6.07) is 15.1. The van der Waals surface area contributed by atoms with E-state index in [-0.39, 0.29) is 0 Å². The van der Waals surface area contributed by atoms with Gasteiger partial charge < -0.3 is 24.6 Å². The molecular weight excluding hydrogens is 532 g/mol. The number of aromatic nitrogens is 3. The molecule has 1 saturated heterocycles. The molecule has 226 valence electrons. The first-order valence-electron chi connectivity index (χ1n) is 14.4. The van der Waals surface area contributed by atoms with E-state index in [1.54, 1.807) is 36.2 Å². The van der Waals surface area contributed by atoms with Gasteiger partial charge in [0.25, 0.3) is 0 Å². The number of rotatable bonds is 9. The lowest BCUT2D eigenvalue weighted by Gasteiger charge is -2.56. The summed E-state index contributed by atoms with van der Waals surface area (Å²) in [4.78, 5) is 18.8. The molecule has 1 aromatic carbocycles. The number of nitrogens with zero attached hydrogens (tertiary/aromatic N) is 4. The highest BCUT2D eigenvalue weighted by Gasteiger charge is 2.58. The maximum Gasteiger partial charge on any atom is 0.410 e. The molecule has 1 aliphatic heterocycles. The lowest BCUT2D eigenvalue weighted by Crippen LogP contribution is -2.66. The molecule has 0 bridgehead atoms. The first kappa shape index (κ1) is 31.4. The smallest absolute Gasteiger partial charge is 0.410 e. The van der Waals surface area contributed by atoms with Crippen LogP contribution in [0.25, 0.3) is 0 Å². The van der Waals surface area contributed by atoms with E-state index in [2.05, 4.69) is 29.0 Å². The third-order valence-electron chi connectivity index (χ3n) is 8.08. The summed E-state index contributed by atoms with van der Waals surface area (Å²) < 4.78 is 10.8. The molecule has 0 saturated carbocycles. The van der Waals surface area contributed by atoms with Crippen LogP contribution in [0.15, 0.2) is 54.7 Å². The fourth-order valence-corrected chi connectivity index (χ4v) is 5.51. The van der Waals surface area contributed by atoms with Crippen LogP contribution in [-0.4, -0.2) is 62.2 Å². The Kier molecular flexibility index (Phi) is 8.67. The van der Waals surface area contributed by atoms with Crippen molar-refractivity contribution in [2.45, 2.75) is 84.0 Å². The van der Waals surface area contributed by atoms with Crippen molar-refractivity contribution < 1.29 is 24.5 Å². The van der Waals surface area contributed by atoms with Gasteiger partial charge in [0.1, 0.15) is 16.8 Å². The number of likely N-dealkylation sites (tertiary alicyclic amines) is 1. The number of carbonyl (C=O) groups excluding carboxylic acids is 1. The molecule has 1 fully saturated rings. The van der Waals surface area contributed by atoms with E-state index in [1.807, 2.05) is 58.0 Å². The molecule has 2 N–H and O–H groups in total. The van der Waals surface area contributed by atoms with Crippen molar-refractivity contribution in [3.63, 3.8) is 0 Å². The number of amides is 1. The van der Waals surface area contributed by atoms with Crippen LogP contribution in [0.4, 0.5) is 4.79 Å². The van der Waals surface area contributed by atoms with Gasteiger partial charge in [-0.1, -0.05) is 51.1 Å². The van der Waals surface area contributed by atoms with Crippen LogP contribution >= 0.6 is 0 Å². The Bertz CT molecular complexity index is 1390. The zero-order valence-electron chi connectivity index (χ0n) is 26.0. The Labute approximate surface area is 248 Å². The van der Waals surface area contributed by atoms with Crippen LogP contribution in [0.1, 0.15) is 88.9 Å². The van der Waals surface area contributed by atoms with E-state index >= 15 is 0 Å². The minimum absolute atomic E-state index is 0.304. The summed E-state index contributed by atoms with van der Waals surface area (Å²) in [5.74, 6) is 0.771. The van der Waals surface area contributed by atoms with Gasteiger partial charge in [-0.3, -0.25) is 0 Å². The topological polar surface area (TPSA) is 118 Å². The van der Waals surface area contributed by atoms with Crippen molar-refractivity contribution in [2.24, 2.45) is 5.41 Å². The first-order chi connectivity index (χ1) is 19.6. The van der Waals surface area contributed by atoms with Crippen LogP contribution in [0, 0.1) is 5.41 Å². The van der Waals surface area contributed by atoms with Gasteiger partial charge in [-0.15, -0.1) is 0 Å². The summed E-state index contributed by atoms with van der Waals surface area (Å²) in [5.41, 5.74) is -0.461. The fourth-order valence-electron chi connectivity index (χ4n) is 5.51. The zero-order chi connectivity index (χ0) is 30.9. The molecule has 0 spiro atoms. The number of hydrogen-bond acceptors (Lipinski definition) is 8. The second-order valence-electron chi connectivity index (χ2n) is 13.2. The molecule has 2 atom stereocenters. The summed E-state index contributed by atoms with van der Waals surface area (Å²) >= 11 is 0. The van der Waals surface area contributed by atoms with Gasteiger partial charge in [0.2, 0.25) is 5.88 Å². The first-order valence-corrected chi connectivity index (χ1v) is 14.4. The van der Waals surface area contributed by atoms with Crippen molar-refractivity contribution in [1.82, 2.24) is 20.1 Å². The SMILES string of the molecule is COc1cccc([C@](C)(O)CCc2cc(C(O)(c3ccc(C(C)C)cc3)C3(C)CN(C(=O)OC(C)(C)C)C3)cnn2)n1. The molecule has 9 nitrogen and oxygen atoms in total. The van der Waals surface area contributed by atoms with E-state index in [0.717, 1.165) is 5.56 Å². The molecule has 3 heterocycles. The van der Waals surface area contributed by atoms with Crippen molar-refractivity contribution >= 4 is 6.09 Å². The minimum atomic E-state index is -1.47. The van der Waals surface area contributed by atoms with Crippen LogP contribution in [0.3, 0.4) is 0 Å². The number of aryl methyl sites for hydroxylation is 1. The zero-order valence-corrected chi connectivity index (χ0v) is 26.0. The van der Waals surface area contributed by atoms with E-state index in [4.69, 9.17) is 9.47 Å². The number of benzene rings is 1. The lowest BCUT2D eigenvalue weighted by molar-refractivity contribution is -0.131. The monoisotopic (exact) mass is 576 g/mol. The third-order valence-corrected chi connectivity index (χ3v) is 8.08. The largest absolute Gasteiger partial charge is 0.481 e. The number of carbonyl (C=O) groups is 1. The van der Waals surface area contributed by atoms with Gasteiger partial charge >= 0.3 is 6.09 Å². The van der Waals surface area contributed by atoms with Crippen molar-refractivity contribution in [3.8, 4) is 5.88 Å². The van der Waals surface area contributed by atoms with Gasteiger partial charge in [0.15, 0.2) is 0 Å². The molecule has 9 heteroatoms. The molecule has 1 amide bonds. The van der Waals surface area contributed by atoms with Gasteiger partial charge in [-0.2, -0.15) is 10.2 Å². The van der Waals surface area contributed by atoms with Crippen LogP contribution in [0.5, 0.6) is 5.88 Å². The highest BCUT2D eigenvalue weighted by atomic mass is 16.6. The predicted octanol–water partition coefficient (Wildman–Crippen LogP) is 5.34. The molecular formula is C33H44N4O5. The quantitative estimate of drug-likeness (QED) is 0.351. The van der Waals surface area contributed by atoms with Crippen molar-refractivity contribution in [2.75, 3.05) is 20.2 Å². The molecule has 42 heavy (non-hydrogen) atoms. The van der Waals surface area contributed by atoms with Gasteiger partial charge in [0.05, 0.1) is 24.7 Å². The maximum absolute atomic E-state index is 12.8. The summed E-state index contributed by atoms with van der Waals surface area (Å²) in [7, 11) is 1.54. The van der Waals surface area contributed by atoms with E-state index in [9.17, 15) is 15.0 Å². The molecule has 3 aromatic rings. The highest BCUT2D eigenvalue weighted by molar-refractivity contribution is 5.70. The molecule has 1 aliphatic rings. The van der Waals surface area contributed by atoms with Gasteiger partial charge in [-0.05, 0) is 69.7 Å². The second kappa shape index (κ2) is 11.6. The number of ether oxygens (including phenoxy) is 2. The fraction of sp³-hybridized carbons (Fsp3) is 0.515. The van der Waals surface area contributed by atoms with Crippen molar-refractivity contribution in [1.29, 1.82) is 0 Å². The Balaban J connectivity index is 1.65. The minimum Gasteiger partial charge on any atom is -0.481 e. The average molecular weight is 577 g/mol. The molecule has 2 aromatic heterocycles. The molecule has 0 radical (unpaired) electrons. The van der Waals surface area contributed by atoms with E-state index < -0.39 is 28.3 Å². The Hall–Kier alpha value is -3.56. The number of pyridine rings is 1. The predicted molar refractivity (Wildman–Crippen MR) is 160 cm³/mol. The van der Waals surface area contributed by atoms with Crippen LogP contribution < -0.4 is 4.74 Å². The summed E-state index contributed by atoms with van der Waals surface area (Å²) in [6.07, 6.45) is 1.91. The Morgan fingerprint density at radius 2 is 1.71 bits per heavy atom. The molecule has 1 unspecified atom stereocenters. The number of aliphatic hydroxyl groups is 2. The average Bonchev–Trinajstić information content (AvgIpc) is 2.93. The molecule has 0 aliphatic carbocycles. The third kappa shape index (κ3) is 6.42. The van der Waals surface area contributed by atoms with E-state index in [0.29, 0.717) is 60.2 Å². The second-order valence-corrected chi connectivity index (χ2v) is 13.2. The highest BCUT2D eigenvalue weighted by Crippen LogP contribution is 2.51. The lowest BCUT2D eigenvalue weighted by atomic mass is 9.62. The standard InChI is InChI=1S/C33H44N4O5/c1-22(2)23-12-14-24(15-13-23)33(40,31(6)20-37(21-31)29(38)42-30(3,4)5)25-18-26(36-34-19-25)16-17-32(7,39)27-10-9-11-28(35-27)41-8/h9-15,18-19,22,39-40H,16-17,20-21H2,1-8H3/t32-,33?/m1/s1. The summed E-state index contributed by atoms with van der Waals surface area (Å²) in [5, 5.41) is 32.5. The van der Waals surface area contributed by atoms with Crippen molar-refractivity contribution in [3.05, 3.63) is 82.8 Å². The Morgan fingerprint density at radius 1 is 1.05 bits per heavy atom. The van der Waals surface area contributed by atoms with Crippen LogP contribution in [-0.2, 0) is 22.4 Å². The normalized spacial score (nSPS) is 17.6. The van der Waals surface area contributed by atoms with Gasteiger partial charge in [0, 0.05) is 30.1 Å². The van der Waals surface area contributed by atoms with Crippen LogP contribution in [0.2, 0.25) is 0 Å². The van der Waals surface area contributed by atoms with E-state index in [1.165, 1.54) is 7.11 Å². The summed E-state index contributed by atoms with van der Waals surface area (Å²) in [6.45, 7) is 14.1. The maximum atomic E-state index is 12.8. The molecule has 4 rings (SSSR count).